The summed E-state index contributed by atoms with van der Waals surface area (Å²) >= 11 is 6.19. The normalized spacial score (nSPS) is 15.4. The molecule has 0 unspecified atom stereocenters. The van der Waals surface area contributed by atoms with Crippen molar-refractivity contribution in [2.75, 3.05) is 22.8 Å². The first-order valence-electron chi connectivity index (χ1n) is 13.4. The van der Waals surface area contributed by atoms with E-state index in [0.29, 0.717) is 64.0 Å². The minimum absolute atomic E-state index is 0.145. The van der Waals surface area contributed by atoms with E-state index in [1.54, 1.807) is 48.7 Å². The summed E-state index contributed by atoms with van der Waals surface area (Å²) in [6.07, 6.45) is 8.43. The molecule has 3 aromatic rings. The van der Waals surface area contributed by atoms with Crippen molar-refractivity contribution in [3.05, 3.63) is 65.1 Å². The molecule has 43 heavy (non-hydrogen) atoms. The molecule has 2 bridgehead atoms. The summed E-state index contributed by atoms with van der Waals surface area (Å²) in [7, 11) is 1.27. The van der Waals surface area contributed by atoms with E-state index in [9.17, 15) is 14.4 Å². The van der Waals surface area contributed by atoms with E-state index >= 15 is 0 Å². The fraction of sp³-hybridized carbons (Fsp3) is 0.241. The van der Waals surface area contributed by atoms with E-state index in [-0.39, 0.29) is 11.8 Å². The zero-order chi connectivity index (χ0) is 30.8. The van der Waals surface area contributed by atoms with Crippen LogP contribution in [0.1, 0.15) is 49.5 Å². The highest BCUT2D eigenvalue weighted by molar-refractivity contribution is 6.30. The van der Waals surface area contributed by atoms with Gasteiger partial charge in [-0.15, -0.1) is 5.10 Å². The molecule has 1 atom stereocenters. The number of benzene rings is 2. The van der Waals surface area contributed by atoms with Crippen molar-refractivity contribution in [3.63, 3.8) is 0 Å². The number of aromatic nitrogens is 2. The summed E-state index contributed by atoms with van der Waals surface area (Å²) in [5.74, 6) is 6.11. The molecule has 0 aliphatic carbocycles. The zero-order valence-corrected chi connectivity index (χ0v) is 24.2. The van der Waals surface area contributed by atoms with Gasteiger partial charge in [0.05, 0.1) is 36.4 Å². The van der Waals surface area contributed by atoms with Gasteiger partial charge in [-0.3, -0.25) is 19.9 Å². The lowest BCUT2D eigenvalue weighted by molar-refractivity contribution is -0.117. The van der Waals surface area contributed by atoms with Gasteiger partial charge in [0.1, 0.15) is 12.2 Å². The highest BCUT2D eigenvalue weighted by Crippen LogP contribution is 2.32. The third-order valence-electron chi connectivity index (χ3n) is 6.59. The van der Waals surface area contributed by atoms with E-state index in [2.05, 4.69) is 47.6 Å². The van der Waals surface area contributed by atoms with Crippen molar-refractivity contribution in [2.24, 2.45) is 16.0 Å². The molecule has 1 aliphatic heterocycles. The molecule has 2 heterocycles. The van der Waals surface area contributed by atoms with E-state index in [0.717, 1.165) is 12.8 Å². The lowest BCUT2D eigenvalue weighted by Crippen LogP contribution is -2.29. The van der Waals surface area contributed by atoms with Gasteiger partial charge < -0.3 is 20.4 Å². The first-order chi connectivity index (χ1) is 20.8. The minimum Gasteiger partial charge on any atom is -0.453 e. The van der Waals surface area contributed by atoms with Crippen molar-refractivity contribution in [1.29, 1.82) is 0 Å². The largest absolute Gasteiger partial charge is 0.453 e. The first kappa shape index (κ1) is 30.9. The predicted octanol–water partition coefficient (Wildman–Crippen LogP) is 5.01. The molecule has 2 aromatic carbocycles. The Hall–Kier alpha value is -5.01. The van der Waals surface area contributed by atoms with Gasteiger partial charge in [-0.05, 0) is 55.3 Å². The Morgan fingerprint density at radius 3 is 2.86 bits per heavy atom. The van der Waals surface area contributed by atoms with E-state index in [4.69, 9.17) is 17.4 Å². The van der Waals surface area contributed by atoms with Crippen LogP contribution >= 0.6 is 11.6 Å². The number of ether oxygens (including phenoxy) is 1. The van der Waals surface area contributed by atoms with Gasteiger partial charge in [0.2, 0.25) is 11.8 Å². The minimum atomic E-state index is -0.627. The Kier molecular flexibility index (Phi) is 10.6. The van der Waals surface area contributed by atoms with Gasteiger partial charge in [0.15, 0.2) is 0 Å². The van der Waals surface area contributed by atoms with Gasteiger partial charge in [-0.25, -0.2) is 15.6 Å². The third-order valence-corrected chi connectivity index (χ3v) is 6.83. The van der Waals surface area contributed by atoms with Crippen molar-refractivity contribution >= 4 is 65.7 Å². The summed E-state index contributed by atoms with van der Waals surface area (Å²) in [4.78, 5) is 45.3. The second-order valence-electron chi connectivity index (χ2n) is 9.58. The smallest absolute Gasteiger partial charge is 0.411 e. The number of halogens is 1. The predicted molar refractivity (Wildman–Crippen MR) is 168 cm³/mol. The van der Waals surface area contributed by atoms with Crippen molar-refractivity contribution < 1.29 is 19.1 Å². The number of carbonyl (C=O) groups is 3. The number of nitrogens with one attached hydrogen (secondary N) is 4. The van der Waals surface area contributed by atoms with E-state index in [1.165, 1.54) is 24.5 Å². The molecule has 0 radical (unpaired) electrons. The van der Waals surface area contributed by atoms with Gasteiger partial charge in [0.25, 0.3) is 0 Å². The molecule has 0 saturated carbocycles. The number of methoxy groups -OCH3 is 1. The number of hydrogen-bond donors (Lipinski definition) is 5. The molecule has 0 saturated heterocycles. The Balaban J connectivity index is 1.58. The van der Waals surface area contributed by atoms with Gasteiger partial charge >= 0.3 is 6.09 Å². The number of aromatic amines is 1. The lowest BCUT2D eigenvalue weighted by Gasteiger charge is -2.17. The SMILES string of the molecule is C=N/N=C\N(N)c1ccc(Cl)cc1/C=C/C(=O)N[C@H]1CCCCCC(=O)Nc2cc(NC(=O)OC)ccc2-c2cnc1[nH]2. The number of fused-ring (bicyclic) bond motifs is 4. The molecule has 0 spiro atoms. The van der Waals surface area contributed by atoms with Crippen LogP contribution < -0.4 is 26.8 Å². The van der Waals surface area contributed by atoms with Crippen molar-refractivity contribution in [2.45, 2.75) is 38.1 Å². The van der Waals surface area contributed by atoms with Crippen LogP contribution in [0.4, 0.5) is 21.9 Å². The Morgan fingerprint density at radius 1 is 1.23 bits per heavy atom. The fourth-order valence-corrected chi connectivity index (χ4v) is 4.69. The molecule has 6 N–H and O–H groups in total. The molecule has 4 rings (SSSR count). The van der Waals surface area contributed by atoms with E-state index in [1.807, 2.05) is 0 Å². The second-order valence-corrected chi connectivity index (χ2v) is 10.0. The molecule has 1 aliphatic rings. The highest BCUT2D eigenvalue weighted by atomic mass is 35.5. The number of hydrazine groups is 1. The number of imidazole rings is 1. The maximum Gasteiger partial charge on any atom is 0.411 e. The fourth-order valence-electron chi connectivity index (χ4n) is 4.51. The van der Waals surface area contributed by atoms with Crippen LogP contribution in [-0.2, 0) is 14.3 Å². The maximum atomic E-state index is 13.1. The average Bonchev–Trinajstić information content (AvgIpc) is 3.48. The summed E-state index contributed by atoms with van der Waals surface area (Å²) in [6, 6.07) is 9.72. The Labute approximate surface area is 253 Å². The molecule has 224 valence electrons. The van der Waals surface area contributed by atoms with Crippen LogP contribution in [0.15, 0.2) is 58.9 Å². The molecular formula is C29H32ClN9O4. The van der Waals surface area contributed by atoms with Crippen LogP contribution in [-0.4, -0.2) is 48.0 Å². The van der Waals surface area contributed by atoms with Crippen LogP contribution in [0.25, 0.3) is 17.3 Å². The quantitative estimate of drug-likeness (QED) is 0.0825. The zero-order valence-electron chi connectivity index (χ0n) is 23.5. The number of anilines is 3. The third kappa shape index (κ3) is 8.50. The van der Waals surface area contributed by atoms with Crippen LogP contribution in [0, 0.1) is 0 Å². The van der Waals surface area contributed by atoms with Crippen LogP contribution in [0.2, 0.25) is 5.02 Å². The Bertz CT molecular complexity index is 1550. The Morgan fingerprint density at radius 2 is 2.07 bits per heavy atom. The lowest BCUT2D eigenvalue weighted by atomic mass is 10.1. The van der Waals surface area contributed by atoms with Gasteiger partial charge in [0, 0.05) is 41.1 Å². The standard InChI is InChI=1S/C29H32ClN9O4/c1-32-34-17-39(31)25-12-9-19(30)14-18(25)8-13-27(41)36-22-6-4-3-5-7-26(40)37-23-15-20(35-29(42)43-2)10-11-21(23)24-16-33-28(22)38-24/h8-17,22H,1,3-7,31H2,2H3,(H,33,38)(H,35,42)(H,36,41)(H,37,40)/b13-8+,34-17-/t22-/m0/s1. The number of nitrogens with zero attached hydrogens (tertiary/aromatic N) is 4. The number of nitrogens with two attached hydrogens (primary N) is 1. The van der Waals surface area contributed by atoms with Crippen molar-refractivity contribution in [1.82, 2.24) is 15.3 Å². The molecule has 14 heteroatoms. The van der Waals surface area contributed by atoms with Gasteiger partial charge in [-0.1, -0.05) is 24.4 Å². The summed E-state index contributed by atoms with van der Waals surface area (Å²) in [6.45, 7) is 3.29. The molecule has 13 nitrogen and oxygen atoms in total. The summed E-state index contributed by atoms with van der Waals surface area (Å²) in [5.41, 5.74) is 3.39. The molecule has 0 fully saturated rings. The monoisotopic (exact) mass is 605 g/mol. The summed E-state index contributed by atoms with van der Waals surface area (Å²) < 4.78 is 4.67. The number of hydrogen-bond acceptors (Lipinski definition) is 8. The van der Waals surface area contributed by atoms with Crippen LogP contribution in [0.5, 0.6) is 0 Å². The second kappa shape index (κ2) is 14.8. The number of amides is 3. The van der Waals surface area contributed by atoms with Crippen molar-refractivity contribution in [3.8, 4) is 11.3 Å². The first-order valence-corrected chi connectivity index (χ1v) is 13.8. The molecular weight excluding hydrogens is 574 g/mol. The number of carbonyl (C=O) groups excluding carboxylic acids is 3. The molecule has 1 aromatic heterocycles. The van der Waals surface area contributed by atoms with Gasteiger partial charge in [-0.2, -0.15) is 5.10 Å². The molecule has 3 amide bonds. The maximum absolute atomic E-state index is 13.1. The van der Waals surface area contributed by atoms with E-state index < -0.39 is 12.1 Å². The topological polar surface area (TPSA) is 179 Å². The summed E-state index contributed by atoms with van der Waals surface area (Å²) in [5, 5.41) is 17.4. The van der Waals surface area contributed by atoms with Crippen LogP contribution in [0.3, 0.4) is 0 Å². The number of rotatable bonds is 7. The average molecular weight is 606 g/mol. The highest BCUT2D eigenvalue weighted by Gasteiger charge is 2.20. The number of H-pyrrole nitrogens is 1.